The van der Waals surface area contributed by atoms with Crippen molar-refractivity contribution in [3.8, 4) is 0 Å². The molecule has 0 unspecified atom stereocenters. The number of hydrogen-bond acceptors (Lipinski definition) is 3. The van der Waals surface area contributed by atoms with Gasteiger partial charge >= 0.3 is 0 Å². The molecule has 0 bridgehead atoms. The molecule has 0 saturated carbocycles. The van der Waals surface area contributed by atoms with Crippen molar-refractivity contribution in [2.24, 2.45) is 7.05 Å². The molecule has 0 aliphatic carbocycles. The molecule has 15 heavy (non-hydrogen) atoms. The Balaban J connectivity index is 2.71. The molecule has 4 nitrogen and oxygen atoms in total. The molecule has 0 aliphatic rings. The Hall–Kier alpha value is -1.14. The fourth-order valence-corrected chi connectivity index (χ4v) is 3.43. The normalized spacial score (nSPS) is 11.6. The van der Waals surface area contributed by atoms with Crippen LogP contribution in [0.15, 0.2) is 20.8 Å². The molecule has 0 saturated heterocycles. The molecule has 1 N–H and O–H groups in total. The minimum Gasteiger partial charge on any atom is -0.338 e. The van der Waals surface area contributed by atoms with Gasteiger partial charge in [0.15, 0.2) is 0 Å². The zero-order valence-corrected chi connectivity index (χ0v) is 10.1. The second-order valence-corrected chi connectivity index (χ2v) is 5.72. The zero-order valence-electron chi connectivity index (χ0n) is 7.74. The lowest BCUT2D eigenvalue weighted by molar-refractivity contribution is 0.958. The largest absolute Gasteiger partial charge is 0.338 e. The Morgan fingerprint density at radius 1 is 1.60 bits per heavy atom. The molecular weight excluding hydrogens is 278 g/mol. The topological polar surface area (TPSA) is 50.7 Å². The molecule has 3 aromatic heterocycles. The van der Waals surface area contributed by atoms with Gasteiger partial charge in [-0.15, -0.1) is 11.3 Å². The van der Waals surface area contributed by atoms with E-state index in [9.17, 15) is 4.79 Å². The maximum Gasteiger partial charge on any atom is 0.288 e. The second kappa shape index (κ2) is 2.93. The van der Waals surface area contributed by atoms with E-state index >= 15 is 0 Å². The van der Waals surface area contributed by atoms with Crippen LogP contribution in [0.4, 0.5) is 0 Å². The summed E-state index contributed by atoms with van der Waals surface area (Å²) in [4.78, 5) is 11.6. The van der Waals surface area contributed by atoms with Gasteiger partial charge in [-0.05, 0) is 22.0 Å². The van der Waals surface area contributed by atoms with Crippen molar-refractivity contribution in [1.29, 1.82) is 0 Å². The van der Waals surface area contributed by atoms with Crippen molar-refractivity contribution in [3.05, 3.63) is 26.4 Å². The van der Waals surface area contributed by atoms with Crippen molar-refractivity contribution < 1.29 is 0 Å². The molecule has 3 heterocycles. The first kappa shape index (κ1) is 9.11. The average Bonchev–Trinajstić information content (AvgIpc) is 2.68. The van der Waals surface area contributed by atoms with E-state index in [0.717, 1.165) is 19.4 Å². The van der Waals surface area contributed by atoms with Crippen LogP contribution in [0.25, 0.3) is 21.1 Å². The van der Waals surface area contributed by atoms with Crippen LogP contribution in [0.3, 0.4) is 0 Å². The lowest BCUT2D eigenvalue weighted by Crippen LogP contribution is -2.10. The van der Waals surface area contributed by atoms with Crippen LogP contribution in [0.5, 0.6) is 0 Å². The van der Waals surface area contributed by atoms with Gasteiger partial charge in [0.2, 0.25) is 0 Å². The highest BCUT2D eigenvalue weighted by Gasteiger charge is 2.13. The van der Waals surface area contributed by atoms with Gasteiger partial charge in [0.05, 0.1) is 20.2 Å². The highest BCUT2D eigenvalue weighted by Crippen LogP contribution is 2.35. The SMILES string of the molecule is Cn1c2cc(Br)sc2c2cn[nH]c(=O)c21. The van der Waals surface area contributed by atoms with Crippen LogP contribution in [-0.4, -0.2) is 14.8 Å². The van der Waals surface area contributed by atoms with E-state index in [0.29, 0.717) is 5.52 Å². The molecule has 0 atom stereocenters. The number of rotatable bonds is 0. The van der Waals surface area contributed by atoms with Crippen LogP contribution in [0, 0.1) is 0 Å². The number of aryl methyl sites for hydroxylation is 1. The molecular formula is C9H6BrN3OS. The molecule has 3 aromatic rings. The number of fused-ring (bicyclic) bond motifs is 3. The fraction of sp³-hybridized carbons (Fsp3) is 0.111. The summed E-state index contributed by atoms with van der Waals surface area (Å²) >= 11 is 5.06. The van der Waals surface area contributed by atoms with Gasteiger partial charge < -0.3 is 4.57 Å². The summed E-state index contributed by atoms with van der Waals surface area (Å²) in [7, 11) is 1.89. The third kappa shape index (κ3) is 1.12. The molecule has 0 aromatic carbocycles. The van der Waals surface area contributed by atoms with Crippen LogP contribution < -0.4 is 5.56 Å². The number of H-pyrrole nitrogens is 1. The minimum absolute atomic E-state index is 0.144. The number of aromatic amines is 1. The average molecular weight is 284 g/mol. The quantitative estimate of drug-likeness (QED) is 0.688. The summed E-state index contributed by atoms with van der Waals surface area (Å²) in [5, 5.41) is 7.18. The van der Waals surface area contributed by atoms with E-state index in [2.05, 4.69) is 26.1 Å². The van der Waals surface area contributed by atoms with E-state index in [1.165, 1.54) is 0 Å². The van der Waals surface area contributed by atoms with Crippen molar-refractivity contribution >= 4 is 48.4 Å². The van der Waals surface area contributed by atoms with Gasteiger partial charge in [-0.25, -0.2) is 5.10 Å². The van der Waals surface area contributed by atoms with Crippen LogP contribution in [0.2, 0.25) is 0 Å². The van der Waals surface area contributed by atoms with Gasteiger partial charge in [0, 0.05) is 12.4 Å². The van der Waals surface area contributed by atoms with Gasteiger partial charge in [0.25, 0.3) is 5.56 Å². The van der Waals surface area contributed by atoms with Crippen LogP contribution in [-0.2, 0) is 7.05 Å². The molecule has 3 rings (SSSR count). The highest BCUT2D eigenvalue weighted by molar-refractivity contribution is 9.11. The van der Waals surface area contributed by atoms with Gasteiger partial charge in [-0.1, -0.05) is 0 Å². The van der Waals surface area contributed by atoms with Crippen molar-refractivity contribution in [3.63, 3.8) is 0 Å². The van der Waals surface area contributed by atoms with Crippen LogP contribution >= 0.6 is 27.3 Å². The monoisotopic (exact) mass is 283 g/mol. The number of aromatic nitrogens is 3. The number of nitrogens with zero attached hydrogens (tertiary/aromatic N) is 2. The Bertz CT molecular complexity index is 724. The lowest BCUT2D eigenvalue weighted by atomic mass is 10.3. The van der Waals surface area contributed by atoms with Crippen LogP contribution in [0.1, 0.15) is 0 Å². The number of hydrogen-bond donors (Lipinski definition) is 1. The number of nitrogens with one attached hydrogen (secondary N) is 1. The summed E-state index contributed by atoms with van der Waals surface area (Å²) in [6, 6.07) is 2.01. The minimum atomic E-state index is -0.144. The molecule has 6 heteroatoms. The van der Waals surface area contributed by atoms with E-state index in [4.69, 9.17) is 0 Å². The zero-order chi connectivity index (χ0) is 10.6. The first-order chi connectivity index (χ1) is 7.18. The van der Waals surface area contributed by atoms with Crippen molar-refractivity contribution in [1.82, 2.24) is 14.8 Å². The summed E-state index contributed by atoms with van der Waals surface area (Å²) in [6.07, 6.45) is 1.70. The van der Waals surface area contributed by atoms with E-state index in [-0.39, 0.29) is 5.56 Å². The second-order valence-electron chi connectivity index (χ2n) is 3.29. The van der Waals surface area contributed by atoms with Crippen molar-refractivity contribution in [2.45, 2.75) is 0 Å². The predicted octanol–water partition coefficient (Wildman–Crippen LogP) is 2.24. The molecule has 0 amide bonds. The third-order valence-corrected chi connectivity index (χ3v) is 4.11. The molecule has 0 spiro atoms. The van der Waals surface area contributed by atoms with Gasteiger partial charge in [-0.3, -0.25) is 4.79 Å². The van der Waals surface area contributed by atoms with E-state index in [1.54, 1.807) is 17.5 Å². The maximum absolute atomic E-state index is 11.6. The third-order valence-electron chi connectivity index (χ3n) is 2.45. The first-order valence-corrected chi connectivity index (χ1v) is 5.90. The number of halogens is 1. The smallest absolute Gasteiger partial charge is 0.288 e. The summed E-state index contributed by atoms with van der Waals surface area (Å²) in [5.74, 6) is 0. The molecule has 0 fully saturated rings. The predicted molar refractivity (Wildman–Crippen MR) is 64.4 cm³/mol. The summed E-state index contributed by atoms with van der Waals surface area (Å²) < 4.78 is 4.05. The fourth-order valence-electron chi connectivity index (χ4n) is 1.81. The van der Waals surface area contributed by atoms with Gasteiger partial charge in [0.1, 0.15) is 5.52 Å². The highest BCUT2D eigenvalue weighted by atomic mass is 79.9. The lowest BCUT2D eigenvalue weighted by Gasteiger charge is -1.93. The Kier molecular flexibility index (Phi) is 1.78. The Morgan fingerprint density at radius 3 is 3.20 bits per heavy atom. The van der Waals surface area contributed by atoms with E-state index < -0.39 is 0 Å². The maximum atomic E-state index is 11.6. The Morgan fingerprint density at radius 2 is 2.40 bits per heavy atom. The Labute approximate surface area is 96.7 Å². The summed E-state index contributed by atoms with van der Waals surface area (Å²) in [6.45, 7) is 0. The van der Waals surface area contributed by atoms with Crippen molar-refractivity contribution in [2.75, 3.05) is 0 Å². The molecule has 0 aliphatic heterocycles. The molecule has 76 valence electrons. The number of thiophene rings is 1. The standard InChI is InChI=1S/C9H6BrN3OS/c1-13-5-2-6(10)15-8(5)4-3-11-12-9(14)7(4)13/h2-3H,1H3,(H,12,14). The molecule has 0 radical (unpaired) electrons. The van der Waals surface area contributed by atoms with E-state index in [1.807, 2.05) is 17.7 Å². The first-order valence-electron chi connectivity index (χ1n) is 4.29. The summed E-state index contributed by atoms with van der Waals surface area (Å²) in [5.41, 5.74) is 1.59. The van der Waals surface area contributed by atoms with Gasteiger partial charge in [-0.2, -0.15) is 5.10 Å².